The van der Waals surface area contributed by atoms with Crippen molar-refractivity contribution in [3.05, 3.63) is 113 Å². The number of amides is 1. The molecule has 0 fully saturated rings. The molecule has 0 saturated heterocycles. The van der Waals surface area contributed by atoms with E-state index in [1.165, 1.54) is 18.5 Å². The monoisotopic (exact) mass is 568 g/mol. The molecule has 3 N–H and O–H groups in total. The molecule has 0 spiro atoms. The maximum atomic E-state index is 13.4. The third-order valence-corrected chi connectivity index (χ3v) is 10.3. The van der Waals surface area contributed by atoms with Crippen molar-refractivity contribution in [2.75, 3.05) is 11.9 Å². The van der Waals surface area contributed by atoms with Crippen LogP contribution in [0.15, 0.2) is 111 Å². The van der Waals surface area contributed by atoms with Crippen LogP contribution >= 0.6 is 22.2 Å². The fourth-order valence-corrected chi connectivity index (χ4v) is 8.40. The van der Waals surface area contributed by atoms with Gasteiger partial charge in [0, 0.05) is 38.2 Å². The van der Waals surface area contributed by atoms with Crippen molar-refractivity contribution in [2.45, 2.75) is 16.3 Å². The number of hydrogen-bond acceptors (Lipinski definition) is 6. The Labute approximate surface area is 237 Å². The summed E-state index contributed by atoms with van der Waals surface area (Å²) in [6.07, 6.45) is 9.87. The van der Waals surface area contributed by atoms with Gasteiger partial charge in [-0.2, -0.15) is 10.9 Å². The molecule has 1 aliphatic rings. The predicted molar refractivity (Wildman–Crippen MR) is 161 cm³/mol. The van der Waals surface area contributed by atoms with Gasteiger partial charge < -0.3 is 15.1 Å². The molecule has 200 valence electrons. The highest BCUT2D eigenvalue weighted by Crippen LogP contribution is 2.55. The molecule has 6 nitrogen and oxygen atoms in total. The van der Waals surface area contributed by atoms with Gasteiger partial charge in [-0.05, 0) is 59.9 Å². The molecule has 2 aromatic heterocycles. The minimum atomic E-state index is -1.16. The van der Waals surface area contributed by atoms with Crippen molar-refractivity contribution in [1.82, 2.24) is 15.6 Å². The van der Waals surface area contributed by atoms with Crippen molar-refractivity contribution in [2.24, 2.45) is 0 Å². The van der Waals surface area contributed by atoms with Crippen LogP contribution in [0.3, 0.4) is 0 Å². The summed E-state index contributed by atoms with van der Waals surface area (Å²) in [4.78, 5) is 17.5. The summed E-state index contributed by atoms with van der Waals surface area (Å²) in [6, 6.07) is 22.0. The Morgan fingerprint density at radius 2 is 1.93 bits per heavy atom. The molecule has 5 aromatic rings. The lowest BCUT2D eigenvalue weighted by Crippen LogP contribution is -2.53. The van der Waals surface area contributed by atoms with Crippen molar-refractivity contribution in [3.8, 4) is 23.7 Å². The molecule has 0 bridgehead atoms. The first-order valence-corrected chi connectivity index (χ1v) is 14.9. The summed E-state index contributed by atoms with van der Waals surface area (Å²) >= 11 is 1.66. The molecule has 2 unspecified atom stereocenters. The summed E-state index contributed by atoms with van der Waals surface area (Å²) in [5, 5.41) is 15.1. The van der Waals surface area contributed by atoms with Crippen LogP contribution in [0.4, 0.5) is 10.1 Å². The van der Waals surface area contributed by atoms with E-state index >= 15 is 0 Å². The largest absolute Gasteiger partial charge is 0.444 e. The van der Waals surface area contributed by atoms with Gasteiger partial charge in [0.05, 0.1) is 6.20 Å². The number of terminal acetylenes is 1. The highest BCUT2D eigenvalue weighted by atomic mass is 32.2. The van der Waals surface area contributed by atoms with Crippen LogP contribution in [0.1, 0.15) is 5.56 Å². The first kappa shape index (κ1) is 25.9. The number of halogens is 1. The van der Waals surface area contributed by atoms with E-state index in [-0.39, 0.29) is 11.7 Å². The van der Waals surface area contributed by atoms with Gasteiger partial charge in [-0.1, -0.05) is 36.3 Å². The highest BCUT2D eigenvalue weighted by Gasteiger charge is 2.42. The zero-order valence-corrected chi connectivity index (χ0v) is 22.9. The minimum absolute atomic E-state index is 0.269. The Morgan fingerprint density at radius 1 is 1.12 bits per heavy atom. The molecule has 3 heterocycles. The Morgan fingerprint density at radius 3 is 2.67 bits per heavy atom. The van der Waals surface area contributed by atoms with Gasteiger partial charge in [0.1, 0.15) is 11.5 Å². The van der Waals surface area contributed by atoms with Crippen LogP contribution in [0.25, 0.3) is 21.4 Å². The topological polar surface area (TPSA) is 79.2 Å². The van der Waals surface area contributed by atoms with Gasteiger partial charge in [0.2, 0.25) is 0 Å². The van der Waals surface area contributed by atoms with E-state index in [4.69, 9.17) is 10.8 Å². The van der Waals surface area contributed by atoms with Gasteiger partial charge in [-0.15, -0.1) is 17.8 Å². The summed E-state index contributed by atoms with van der Waals surface area (Å²) in [5.41, 5.74) is 2.90. The number of nitrogens with zero attached hydrogens (tertiary/aromatic N) is 1. The number of aromatic nitrogens is 1. The Bertz CT molecular complexity index is 1720. The van der Waals surface area contributed by atoms with Gasteiger partial charge in [0.25, 0.3) is 5.91 Å². The molecule has 1 aliphatic heterocycles. The molecule has 2 atom stereocenters. The summed E-state index contributed by atoms with van der Waals surface area (Å²) in [6.45, 7) is 0.537. The van der Waals surface area contributed by atoms with E-state index in [2.05, 4.69) is 44.4 Å². The number of thiol groups is 1. The zero-order chi connectivity index (χ0) is 27.5. The number of rotatable bonds is 8. The maximum Gasteiger partial charge on any atom is 0.272 e. The summed E-state index contributed by atoms with van der Waals surface area (Å²) in [7, 11) is -1.16. The molecule has 6 rings (SSSR count). The van der Waals surface area contributed by atoms with E-state index in [9.17, 15) is 9.18 Å². The van der Waals surface area contributed by atoms with Gasteiger partial charge >= 0.3 is 0 Å². The normalized spacial score (nSPS) is 19.1. The van der Waals surface area contributed by atoms with Crippen LogP contribution in [-0.2, 0) is 11.2 Å². The number of thiophene rings is 1. The number of fused-ring (bicyclic) bond motifs is 1. The van der Waals surface area contributed by atoms with Crippen LogP contribution in [0.2, 0.25) is 0 Å². The number of nitrogens with one attached hydrogen (secondary N) is 3. The predicted octanol–water partition coefficient (Wildman–Crippen LogP) is 6.26. The van der Waals surface area contributed by atoms with Crippen molar-refractivity contribution in [3.63, 3.8) is 0 Å². The van der Waals surface area contributed by atoms with E-state index in [0.717, 1.165) is 26.1 Å². The molecular formula is C31H25FN4O2S2. The lowest BCUT2D eigenvalue weighted by molar-refractivity contribution is -0.113. The molecule has 3 aromatic carbocycles. The number of anilines is 1. The number of carbonyl (C=O) groups is 1. The number of oxazole rings is 1. The average molecular weight is 569 g/mol. The van der Waals surface area contributed by atoms with Crippen LogP contribution in [-0.4, -0.2) is 22.4 Å². The van der Waals surface area contributed by atoms with E-state index in [1.54, 1.807) is 29.7 Å². The van der Waals surface area contributed by atoms with Crippen molar-refractivity contribution >= 4 is 43.9 Å². The highest BCUT2D eigenvalue weighted by molar-refractivity contribution is 8.21. The summed E-state index contributed by atoms with van der Waals surface area (Å²) in [5.74, 6) is 3.05. The smallest absolute Gasteiger partial charge is 0.272 e. The average Bonchev–Trinajstić information content (AvgIpc) is 3.74. The van der Waals surface area contributed by atoms with E-state index in [1.807, 2.05) is 41.8 Å². The second-order valence-electron chi connectivity index (χ2n) is 9.21. The van der Waals surface area contributed by atoms with Crippen LogP contribution in [0, 0.1) is 18.2 Å². The first-order chi connectivity index (χ1) is 19.5. The third-order valence-electron chi connectivity index (χ3n) is 6.68. The first-order valence-electron chi connectivity index (χ1n) is 12.6. The maximum absolute atomic E-state index is 13.4. The SMILES string of the molecule is C#CC1(NCCc2ccc(F)cc2)NC(C(=O)Nc2ccc(-c3cnco3)cc2)=C[SH]1c1csc2ccccc12. The lowest BCUT2D eigenvalue weighted by atomic mass is 10.1. The molecular weight excluding hydrogens is 543 g/mol. The fourth-order valence-electron chi connectivity index (χ4n) is 4.63. The molecule has 1 amide bonds. The van der Waals surface area contributed by atoms with Crippen molar-refractivity contribution in [1.29, 1.82) is 0 Å². The lowest BCUT2D eigenvalue weighted by Gasteiger charge is -2.35. The Kier molecular flexibility index (Phi) is 7.13. The molecule has 0 aliphatic carbocycles. The zero-order valence-electron chi connectivity index (χ0n) is 21.2. The minimum Gasteiger partial charge on any atom is -0.444 e. The Hall–Kier alpha value is -4.36. The van der Waals surface area contributed by atoms with E-state index < -0.39 is 15.9 Å². The van der Waals surface area contributed by atoms with Crippen LogP contribution < -0.4 is 16.0 Å². The fraction of sp³-hybridized carbons (Fsp3) is 0.0968. The van der Waals surface area contributed by atoms with Gasteiger partial charge in [-0.25, -0.2) is 9.37 Å². The second-order valence-corrected chi connectivity index (χ2v) is 12.3. The molecule has 40 heavy (non-hydrogen) atoms. The number of carbonyl (C=O) groups excluding carboxylic acids is 1. The Balaban J connectivity index is 1.26. The quantitative estimate of drug-likeness (QED) is 0.131. The standard InChI is InChI=1S/C31H25FN4O2S2/c1-2-31(34-16-15-21-7-11-23(32)12-8-21)36-26(19-40(31)29-18-39-28-6-4-3-5-25(28)29)30(37)35-24-13-9-22(10-14-24)27-17-33-20-38-27/h1,3-14,17-20,34,36,40H,15-16H2,(H,35,37). The van der Waals surface area contributed by atoms with Gasteiger partial charge in [-0.3, -0.25) is 10.1 Å². The third kappa shape index (κ3) is 5.12. The van der Waals surface area contributed by atoms with E-state index in [0.29, 0.717) is 30.1 Å². The van der Waals surface area contributed by atoms with Gasteiger partial charge in [0.15, 0.2) is 17.1 Å². The molecule has 0 saturated carbocycles. The number of benzene rings is 3. The number of hydrogen-bond donors (Lipinski definition) is 4. The van der Waals surface area contributed by atoms with Crippen LogP contribution in [0.5, 0.6) is 0 Å². The molecule has 9 heteroatoms. The van der Waals surface area contributed by atoms with Crippen molar-refractivity contribution < 1.29 is 13.6 Å². The summed E-state index contributed by atoms with van der Waals surface area (Å²) < 4.78 is 19.9. The second kappa shape index (κ2) is 11.0. The molecule has 0 radical (unpaired) electrons.